The van der Waals surface area contributed by atoms with Crippen molar-refractivity contribution in [3.63, 3.8) is 0 Å². The van der Waals surface area contributed by atoms with Gasteiger partial charge in [0.15, 0.2) is 11.6 Å². The summed E-state index contributed by atoms with van der Waals surface area (Å²) in [5.41, 5.74) is 19.3. The van der Waals surface area contributed by atoms with Crippen LogP contribution >= 0.6 is 56.7 Å². The summed E-state index contributed by atoms with van der Waals surface area (Å²) in [4.78, 5) is 71.6. The molecule has 5 N–H and O–H groups in total. The number of halogens is 1. The number of benzene rings is 3. The van der Waals surface area contributed by atoms with Gasteiger partial charge in [-0.2, -0.15) is 30.6 Å². The van der Waals surface area contributed by atoms with Crippen LogP contribution < -0.4 is 36.1 Å². The Balaban J connectivity index is 0.000000112. The Bertz CT molecular complexity index is 6350. The van der Waals surface area contributed by atoms with Crippen LogP contribution in [0.15, 0.2) is 85.2 Å². The van der Waals surface area contributed by atoms with Gasteiger partial charge in [0.2, 0.25) is 0 Å². The van der Waals surface area contributed by atoms with Crippen molar-refractivity contribution in [2.75, 3.05) is 19.5 Å². The predicted octanol–water partition coefficient (Wildman–Crippen LogP) is 18.8. The Morgan fingerprint density at radius 2 is 0.858 bits per heavy atom. The van der Waals surface area contributed by atoms with Crippen molar-refractivity contribution in [2.45, 2.75) is 208 Å². The number of methoxy groups -OCH3 is 2. The molecule has 0 aliphatic heterocycles. The predicted molar refractivity (Wildman–Crippen MR) is 473 cm³/mol. The molecule has 6 aliphatic carbocycles. The van der Waals surface area contributed by atoms with Crippen LogP contribution in [0.25, 0.3) is 56.8 Å². The number of amides is 5. The van der Waals surface area contributed by atoms with Crippen molar-refractivity contribution in [3.8, 4) is 17.2 Å². The van der Waals surface area contributed by atoms with Gasteiger partial charge in [-0.15, -0.1) is 82.2 Å². The minimum atomic E-state index is -0.450. The lowest BCUT2D eigenvalue weighted by Crippen LogP contribution is -2.39. The molecule has 24 nitrogen and oxygen atoms in total. The maximum atomic E-state index is 13.7. The second-order valence-electron chi connectivity index (χ2n) is 32.1. The first kappa shape index (κ1) is 82.6. The summed E-state index contributed by atoms with van der Waals surface area (Å²) < 4.78 is 25.6. The summed E-state index contributed by atoms with van der Waals surface area (Å²) in [6.45, 7) is 24.2. The summed E-state index contributed by atoms with van der Waals surface area (Å²) in [6.07, 6.45) is 17.2. The summed E-state index contributed by atoms with van der Waals surface area (Å²) in [5.74, 6) is 2.44. The van der Waals surface area contributed by atoms with E-state index in [0.717, 1.165) is 168 Å². The van der Waals surface area contributed by atoms with Crippen LogP contribution in [0.5, 0.6) is 11.5 Å². The number of thiophene rings is 5. The van der Waals surface area contributed by atoms with Crippen molar-refractivity contribution in [2.24, 2.45) is 0 Å². The quantitative estimate of drug-likeness (QED) is 0.0533. The largest absolute Gasteiger partial charge is 0.497 e. The van der Waals surface area contributed by atoms with Crippen molar-refractivity contribution < 1.29 is 37.8 Å². The lowest BCUT2D eigenvalue weighted by atomic mass is 9.93. The second kappa shape index (κ2) is 34.6. The highest BCUT2D eigenvalue weighted by Crippen LogP contribution is 2.52. The molecule has 14 aromatic rings. The zero-order chi connectivity index (χ0) is 84.2. The lowest BCUT2D eigenvalue weighted by Gasteiger charge is -2.26. The molecule has 5 amide bonds. The number of carbonyl (C=O) groups is 5. The van der Waals surface area contributed by atoms with Crippen molar-refractivity contribution in [1.82, 2.24) is 82.0 Å². The minimum absolute atomic E-state index is 0.0444. The van der Waals surface area contributed by atoms with Gasteiger partial charge in [0.05, 0.1) is 90.8 Å². The molecular formula is C90H94FN17O7S5. The first-order valence-electron chi connectivity index (χ1n) is 40.7. The number of nitrogens with one attached hydrogen (secondary N) is 5. The molecule has 3 aromatic carbocycles. The molecule has 6 saturated carbocycles. The monoisotopic (exact) mass is 1700 g/mol. The van der Waals surface area contributed by atoms with E-state index in [4.69, 9.17) is 9.47 Å². The standard InChI is InChI=1S/C22H23N3O2S.C19H17N5OS.C18H18FN3O2S.C16H19N3OS.C15H17N3OS/c1-11-12(2)24-25-22-18(11)19(14-4-5-14)20(28-22)21(26)23-17-10-16(17)13-6-8-15(27-3)9-7-13;1-11-13(3)22-23-19-16(11)12(2)17(26-19)18(25)21-14-9-20-24(10-14)15-7-5-4-6-8-15;1-9-11(3)21-22-18-15(9)10(2)16(25-18)17(23)20-8-12-5-6-14(24-4)13(19)7-12;1-8-9(2)18-19-16-12(8)13(10-6-7-10)14(21-16)15(20)17-11-4-3-5-11;1-7-8(2)17-18-15-11(7)12(9-3-4-9)13(20-15)14(19)16-10-5-6-10/h6-9,14,16-17H,4-5,10H2,1-3H3,(H,23,26);4-10H,1-3H3,(H,21,25);5-7H,8H2,1-4H3,(H,20,23);10-11H,3-7H2,1-2H3,(H,17,20);9-10H,3-6H2,1-2H3,(H,16,19). The maximum Gasteiger partial charge on any atom is 0.266 e. The highest BCUT2D eigenvalue weighted by atomic mass is 32.1. The van der Waals surface area contributed by atoms with E-state index < -0.39 is 5.82 Å². The molecule has 2 unspecified atom stereocenters. The topological polar surface area (TPSA) is 311 Å². The first-order chi connectivity index (χ1) is 57.8. The highest BCUT2D eigenvalue weighted by Gasteiger charge is 2.42. The molecule has 120 heavy (non-hydrogen) atoms. The van der Waals surface area contributed by atoms with Gasteiger partial charge in [-0.1, -0.05) is 36.4 Å². The number of ether oxygens (including phenoxy) is 2. The molecule has 6 aliphatic rings. The van der Waals surface area contributed by atoms with Crippen LogP contribution in [0.3, 0.4) is 0 Å². The summed E-state index contributed by atoms with van der Waals surface area (Å²) in [5, 5.41) is 67.5. The molecule has 11 aromatic heterocycles. The van der Waals surface area contributed by atoms with E-state index in [9.17, 15) is 28.4 Å². The van der Waals surface area contributed by atoms with Crippen LogP contribution in [0.1, 0.15) is 244 Å². The Kier molecular flexibility index (Phi) is 23.8. The number of carbonyl (C=O) groups excluding carboxylic acids is 5. The van der Waals surface area contributed by atoms with Gasteiger partial charge in [0.25, 0.3) is 29.5 Å². The fraction of sp³-hybridized carbons (Fsp3) is 0.378. The number of aryl methyl sites for hydroxylation is 12. The van der Waals surface area contributed by atoms with Crippen molar-refractivity contribution in [3.05, 3.63) is 211 Å². The average molecular weight is 1710 g/mol. The van der Waals surface area contributed by atoms with Gasteiger partial charge >= 0.3 is 0 Å². The fourth-order valence-corrected chi connectivity index (χ4v) is 20.9. The van der Waals surface area contributed by atoms with E-state index >= 15 is 0 Å². The van der Waals surface area contributed by atoms with Crippen molar-refractivity contribution >= 4 is 143 Å². The number of hydrogen-bond donors (Lipinski definition) is 5. The number of fused-ring (bicyclic) bond motifs is 5. The van der Waals surface area contributed by atoms with E-state index in [-0.39, 0.29) is 47.9 Å². The van der Waals surface area contributed by atoms with Gasteiger partial charge in [0, 0.05) is 57.5 Å². The zero-order valence-electron chi connectivity index (χ0n) is 69.5. The molecule has 20 rings (SSSR count). The molecule has 618 valence electrons. The van der Waals surface area contributed by atoms with Gasteiger partial charge in [-0.05, 0) is 281 Å². The average Bonchev–Trinajstić information content (AvgIpc) is 1.60. The van der Waals surface area contributed by atoms with Crippen LogP contribution in [0, 0.1) is 88.9 Å². The fourth-order valence-electron chi connectivity index (χ4n) is 15.2. The van der Waals surface area contributed by atoms with Crippen LogP contribution in [0.4, 0.5) is 10.1 Å². The third kappa shape index (κ3) is 17.4. The van der Waals surface area contributed by atoms with Gasteiger partial charge < -0.3 is 36.1 Å². The Morgan fingerprint density at radius 3 is 1.27 bits per heavy atom. The molecule has 0 spiro atoms. The Morgan fingerprint density at radius 1 is 0.442 bits per heavy atom. The van der Waals surface area contributed by atoms with Gasteiger partial charge in [-0.3, -0.25) is 24.0 Å². The SMILES string of the molecule is COc1ccc(C2CC2NC(=O)c2sc3nnc(C)c(C)c3c2C2CC2)cc1.COc1ccc(CNC(=O)c2sc3nnc(C)c(C)c3c2C)cc1F.Cc1nnc2sc(C(=O)NC3CC3)c(C3CC3)c2c1C.Cc1nnc2sc(C(=O)NC3CCC3)c(C3CC3)c2c1C.Cc1nnc2sc(C(=O)Nc3cnn(-c4ccccc4)c3)c(C)c2c1C. The second-order valence-corrected chi connectivity index (χ2v) is 37.1. The number of hydrogen-bond acceptors (Lipinski definition) is 23. The number of para-hydroxylation sites is 1. The molecule has 0 saturated heterocycles. The molecule has 0 radical (unpaired) electrons. The summed E-state index contributed by atoms with van der Waals surface area (Å²) >= 11 is 7.20. The summed E-state index contributed by atoms with van der Waals surface area (Å²) in [6, 6.07) is 23.5. The van der Waals surface area contributed by atoms with E-state index in [1.54, 1.807) is 36.3 Å². The molecular weight excluding hydrogens is 1610 g/mol. The van der Waals surface area contributed by atoms with Crippen LogP contribution in [-0.4, -0.2) is 123 Å². The minimum Gasteiger partial charge on any atom is -0.497 e. The number of aromatic nitrogens is 12. The zero-order valence-corrected chi connectivity index (χ0v) is 73.5. The first-order valence-corrected chi connectivity index (χ1v) is 44.7. The van der Waals surface area contributed by atoms with E-state index in [0.29, 0.717) is 56.8 Å². The Hall–Kier alpha value is -11.1. The maximum absolute atomic E-state index is 13.7. The number of nitrogens with zero attached hydrogens (tertiary/aromatic N) is 12. The molecule has 6 fully saturated rings. The normalized spacial score (nSPS) is 15.9. The van der Waals surface area contributed by atoms with Crippen LogP contribution in [-0.2, 0) is 6.54 Å². The molecule has 2 atom stereocenters. The third-order valence-corrected chi connectivity index (χ3v) is 29.2. The third-order valence-electron chi connectivity index (χ3n) is 23.6. The molecule has 30 heteroatoms. The van der Waals surface area contributed by atoms with E-state index in [1.165, 1.54) is 146 Å². The van der Waals surface area contributed by atoms with E-state index in [2.05, 4.69) is 116 Å². The smallest absolute Gasteiger partial charge is 0.266 e. The lowest BCUT2D eigenvalue weighted by molar-refractivity contribution is 0.0916. The molecule has 11 heterocycles. The molecule has 0 bridgehead atoms. The van der Waals surface area contributed by atoms with Crippen molar-refractivity contribution in [1.29, 1.82) is 0 Å². The van der Waals surface area contributed by atoms with Gasteiger partial charge in [-0.25, -0.2) is 9.07 Å². The number of rotatable bonds is 18. The van der Waals surface area contributed by atoms with Gasteiger partial charge in [0.1, 0.15) is 29.9 Å². The van der Waals surface area contributed by atoms with Crippen LogP contribution in [0.2, 0.25) is 0 Å². The summed E-state index contributed by atoms with van der Waals surface area (Å²) in [7, 11) is 3.09. The highest BCUT2D eigenvalue weighted by molar-refractivity contribution is 7.22. The Labute approximate surface area is 713 Å². The number of anilines is 1. The van der Waals surface area contributed by atoms with E-state index in [1.807, 2.05) is 105 Å².